The Bertz CT molecular complexity index is 418. The molecule has 2 amide bonds. The van der Waals surface area contributed by atoms with E-state index in [-0.39, 0.29) is 18.4 Å². The minimum Gasteiger partial charge on any atom is -0.355 e. The van der Waals surface area contributed by atoms with Gasteiger partial charge in [0.25, 0.3) is 5.91 Å². The Labute approximate surface area is 112 Å². The Morgan fingerprint density at radius 3 is 2.44 bits per heavy atom. The molecular weight excluding hydrogens is 252 g/mol. The van der Waals surface area contributed by atoms with Gasteiger partial charge in [0.1, 0.15) is 0 Å². The number of nitrogens with zero attached hydrogens (tertiary/aromatic N) is 1. The summed E-state index contributed by atoms with van der Waals surface area (Å²) in [6.45, 7) is 2.66. The largest absolute Gasteiger partial charge is 0.355 e. The lowest BCUT2D eigenvalue weighted by atomic mass is 10.2. The van der Waals surface area contributed by atoms with Gasteiger partial charge in [-0.2, -0.15) is 0 Å². The van der Waals surface area contributed by atoms with E-state index in [0.717, 1.165) is 6.42 Å². The number of halogens is 1. The van der Waals surface area contributed by atoms with E-state index >= 15 is 0 Å². The molecule has 4 nitrogen and oxygen atoms in total. The van der Waals surface area contributed by atoms with Crippen molar-refractivity contribution in [1.29, 1.82) is 0 Å². The van der Waals surface area contributed by atoms with Crippen LogP contribution in [0.4, 0.5) is 0 Å². The van der Waals surface area contributed by atoms with Crippen molar-refractivity contribution in [2.45, 2.75) is 13.3 Å². The minimum atomic E-state index is -0.196. The van der Waals surface area contributed by atoms with Crippen molar-refractivity contribution < 1.29 is 9.59 Å². The zero-order chi connectivity index (χ0) is 13.5. The molecule has 1 N–H and O–H groups in total. The van der Waals surface area contributed by atoms with Crippen LogP contribution in [0.25, 0.3) is 0 Å². The Kier molecular flexibility index (Phi) is 5.65. The van der Waals surface area contributed by atoms with Gasteiger partial charge in [0.05, 0.1) is 6.54 Å². The fourth-order valence-electron chi connectivity index (χ4n) is 1.42. The predicted octanol–water partition coefficient (Wildman–Crippen LogP) is 1.94. The molecule has 0 aliphatic heterocycles. The molecule has 0 radical (unpaired) electrons. The van der Waals surface area contributed by atoms with Crippen molar-refractivity contribution in [3.63, 3.8) is 0 Å². The highest BCUT2D eigenvalue weighted by Crippen LogP contribution is 2.10. The molecule has 0 atom stereocenters. The van der Waals surface area contributed by atoms with Crippen LogP contribution in [0, 0.1) is 0 Å². The summed E-state index contributed by atoms with van der Waals surface area (Å²) in [6, 6.07) is 6.59. The molecule has 0 fully saturated rings. The molecule has 0 spiro atoms. The van der Waals surface area contributed by atoms with E-state index < -0.39 is 0 Å². The molecule has 18 heavy (non-hydrogen) atoms. The molecule has 98 valence electrons. The van der Waals surface area contributed by atoms with Gasteiger partial charge in [0, 0.05) is 24.2 Å². The monoisotopic (exact) mass is 268 g/mol. The zero-order valence-electron chi connectivity index (χ0n) is 10.6. The lowest BCUT2D eigenvalue weighted by Crippen LogP contribution is -2.38. The third-order valence-corrected chi connectivity index (χ3v) is 2.64. The van der Waals surface area contributed by atoms with Crippen molar-refractivity contribution in [2.75, 3.05) is 20.1 Å². The number of rotatable bonds is 5. The van der Waals surface area contributed by atoms with Crippen molar-refractivity contribution in [3.8, 4) is 0 Å². The summed E-state index contributed by atoms with van der Waals surface area (Å²) in [6.07, 6.45) is 0.876. The highest BCUT2D eigenvalue weighted by atomic mass is 35.5. The van der Waals surface area contributed by atoms with E-state index in [0.29, 0.717) is 17.1 Å². The second-order valence-electron chi connectivity index (χ2n) is 4.02. The van der Waals surface area contributed by atoms with Crippen LogP contribution in [0.3, 0.4) is 0 Å². The SMILES string of the molecule is CCCNC(=O)CN(C)C(=O)c1ccc(Cl)cc1. The van der Waals surface area contributed by atoms with Crippen LogP contribution < -0.4 is 5.32 Å². The third-order valence-electron chi connectivity index (χ3n) is 2.39. The molecule has 1 aromatic rings. The second kappa shape index (κ2) is 7.01. The van der Waals surface area contributed by atoms with Crippen LogP contribution in [0.15, 0.2) is 24.3 Å². The number of benzene rings is 1. The molecule has 0 aliphatic carbocycles. The standard InChI is InChI=1S/C13H17ClN2O2/c1-3-8-15-12(17)9-16(2)13(18)10-4-6-11(14)7-5-10/h4-7H,3,8-9H2,1-2H3,(H,15,17). The Morgan fingerprint density at radius 2 is 1.89 bits per heavy atom. The summed E-state index contributed by atoms with van der Waals surface area (Å²) in [5.41, 5.74) is 0.519. The molecule has 0 bridgehead atoms. The fraction of sp³-hybridized carbons (Fsp3) is 0.385. The quantitative estimate of drug-likeness (QED) is 0.887. The van der Waals surface area contributed by atoms with E-state index in [1.807, 2.05) is 6.92 Å². The molecule has 0 unspecified atom stereocenters. The van der Waals surface area contributed by atoms with Gasteiger partial charge in [-0.1, -0.05) is 18.5 Å². The average molecular weight is 269 g/mol. The molecule has 0 saturated carbocycles. The maximum absolute atomic E-state index is 12.0. The summed E-state index contributed by atoms with van der Waals surface area (Å²) in [7, 11) is 1.60. The topological polar surface area (TPSA) is 49.4 Å². The van der Waals surface area contributed by atoms with Gasteiger partial charge in [-0.25, -0.2) is 0 Å². The Hall–Kier alpha value is -1.55. The molecule has 5 heteroatoms. The molecule has 1 rings (SSSR count). The average Bonchev–Trinajstić information content (AvgIpc) is 2.36. The van der Waals surface area contributed by atoms with Crippen LogP contribution in [0.5, 0.6) is 0 Å². The van der Waals surface area contributed by atoms with Crippen molar-refractivity contribution in [2.24, 2.45) is 0 Å². The highest BCUT2D eigenvalue weighted by molar-refractivity contribution is 6.30. The van der Waals surface area contributed by atoms with Crippen LogP contribution in [-0.2, 0) is 4.79 Å². The van der Waals surface area contributed by atoms with E-state index in [9.17, 15) is 9.59 Å². The zero-order valence-corrected chi connectivity index (χ0v) is 11.3. The first-order chi connectivity index (χ1) is 8.54. The van der Waals surface area contributed by atoms with E-state index in [4.69, 9.17) is 11.6 Å². The lowest BCUT2D eigenvalue weighted by Gasteiger charge is -2.16. The van der Waals surface area contributed by atoms with Crippen LogP contribution in [0.1, 0.15) is 23.7 Å². The number of nitrogens with one attached hydrogen (secondary N) is 1. The molecule has 0 aliphatic rings. The van der Waals surface area contributed by atoms with Gasteiger partial charge < -0.3 is 10.2 Å². The smallest absolute Gasteiger partial charge is 0.254 e. The molecular formula is C13H17ClN2O2. The highest BCUT2D eigenvalue weighted by Gasteiger charge is 2.14. The lowest BCUT2D eigenvalue weighted by molar-refractivity contribution is -0.121. The summed E-state index contributed by atoms with van der Waals surface area (Å²) < 4.78 is 0. The van der Waals surface area contributed by atoms with Crippen LogP contribution in [-0.4, -0.2) is 36.9 Å². The molecule has 0 aromatic heterocycles. The number of hydrogen-bond acceptors (Lipinski definition) is 2. The number of carbonyl (C=O) groups is 2. The number of likely N-dealkylation sites (N-methyl/N-ethyl adjacent to an activating group) is 1. The molecule has 0 heterocycles. The van der Waals surface area contributed by atoms with Crippen molar-refractivity contribution >= 4 is 23.4 Å². The molecule has 0 saturated heterocycles. The van der Waals surface area contributed by atoms with E-state index in [2.05, 4.69) is 5.32 Å². The first kappa shape index (κ1) is 14.5. The van der Waals surface area contributed by atoms with Crippen molar-refractivity contribution in [3.05, 3.63) is 34.9 Å². The minimum absolute atomic E-state index is 0.0570. The van der Waals surface area contributed by atoms with Crippen molar-refractivity contribution in [1.82, 2.24) is 10.2 Å². The third kappa shape index (κ3) is 4.37. The van der Waals surface area contributed by atoms with Gasteiger partial charge in [-0.15, -0.1) is 0 Å². The van der Waals surface area contributed by atoms with Gasteiger partial charge in [0.2, 0.25) is 5.91 Å². The Morgan fingerprint density at radius 1 is 1.28 bits per heavy atom. The predicted molar refractivity (Wildman–Crippen MR) is 71.7 cm³/mol. The van der Waals surface area contributed by atoms with Crippen LogP contribution in [0.2, 0.25) is 5.02 Å². The molecule has 1 aromatic carbocycles. The Balaban J connectivity index is 2.56. The number of amides is 2. The van der Waals surface area contributed by atoms with Gasteiger partial charge in [-0.05, 0) is 30.7 Å². The van der Waals surface area contributed by atoms with Crippen LogP contribution >= 0.6 is 11.6 Å². The van der Waals surface area contributed by atoms with E-state index in [1.165, 1.54) is 4.90 Å². The van der Waals surface area contributed by atoms with E-state index in [1.54, 1.807) is 31.3 Å². The van der Waals surface area contributed by atoms with Gasteiger partial charge >= 0.3 is 0 Å². The maximum Gasteiger partial charge on any atom is 0.254 e. The summed E-state index contributed by atoms with van der Waals surface area (Å²) in [5.74, 6) is -0.347. The fourth-order valence-corrected chi connectivity index (χ4v) is 1.55. The summed E-state index contributed by atoms with van der Waals surface area (Å²) in [5, 5.41) is 3.30. The first-order valence-electron chi connectivity index (χ1n) is 5.82. The van der Waals surface area contributed by atoms with Gasteiger partial charge in [-0.3, -0.25) is 9.59 Å². The summed E-state index contributed by atoms with van der Waals surface area (Å²) >= 11 is 5.75. The number of carbonyl (C=O) groups excluding carboxylic acids is 2. The normalized spacial score (nSPS) is 9.94. The maximum atomic E-state index is 12.0. The second-order valence-corrected chi connectivity index (χ2v) is 4.45. The summed E-state index contributed by atoms with van der Waals surface area (Å²) in [4.78, 5) is 24.8. The number of hydrogen-bond donors (Lipinski definition) is 1. The first-order valence-corrected chi connectivity index (χ1v) is 6.20. The van der Waals surface area contributed by atoms with Gasteiger partial charge in [0.15, 0.2) is 0 Å².